The van der Waals surface area contributed by atoms with Crippen molar-refractivity contribution < 1.29 is 0 Å². The molecule has 0 saturated carbocycles. The van der Waals surface area contributed by atoms with Crippen LogP contribution in [0.15, 0.2) is 33.5 Å². The van der Waals surface area contributed by atoms with Gasteiger partial charge < -0.3 is 0 Å². The molecule has 0 radical (unpaired) electrons. The molecule has 0 atom stereocenters. The molecule has 3 rings (SSSR count). The van der Waals surface area contributed by atoms with E-state index in [2.05, 4.69) is 15.2 Å². The third-order valence-corrected chi connectivity index (χ3v) is 4.76. The zero-order valence-electron chi connectivity index (χ0n) is 10.4. The first-order valence-electron chi connectivity index (χ1n) is 5.72. The van der Waals surface area contributed by atoms with E-state index in [9.17, 15) is 4.79 Å². The van der Waals surface area contributed by atoms with Crippen LogP contribution in [0.2, 0.25) is 5.02 Å². The van der Waals surface area contributed by atoms with Crippen molar-refractivity contribution in [2.45, 2.75) is 17.0 Å². The number of pyridine rings is 1. The second-order valence-electron chi connectivity index (χ2n) is 4.04. The minimum Gasteiger partial charge on any atom is -0.269 e. The van der Waals surface area contributed by atoms with Crippen molar-refractivity contribution in [1.82, 2.24) is 19.6 Å². The van der Waals surface area contributed by atoms with E-state index in [1.54, 1.807) is 18.3 Å². The maximum absolute atomic E-state index is 12.0. The van der Waals surface area contributed by atoms with Crippen LogP contribution in [-0.2, 0) is 5.75 Å². The van der Waals surface area contributed by atoms with Gasteiger partial charge in [-0.2, -0.15) is 0 Å². The number of hydrogen-bond acceptors (Lipinski definition) is 6. The summed E-state index contributed by atoms with van der Waals surface area (Å²) in [6, 6.07) is 4.96. The lowest BCUT2D eigenvalue weighted by Crippen LogP contribution is -2.14. The zero-order valence-corrected chi connectivity index (χ0v) is 12.8. The van der Waals surface area contributed by atoms with Gasteiger partial charge >= 0.3 is 0 Å². The fourth-order valence-electron chi connectivity index (χ4n) is 1.67. The summed E-state index contributed by atoms with van der Waals surface area (Å²) in [6.07, 6.45) is 1.57. The van der Waals surface area contributed by atoms with E-state index in [1.807, 2.05) is 6.92 Å². The van der Waals surface area contributed by atoms with Gasteiger partial charge in [-0.3, -0.25) is 9.20 Å². The summed E-state index contributed by atoms with van der Waals surface area (Å²) in [5.74, 6) is 0.586. The van der Waals surface area contributed by atoms with Crippen LogP contribution in [0.25, 0.3) is 5.65 Å². The summed E-state index contributed by atoms with van der Waals surface area (Å²) >= 11 is 8.92. The van der Waals surface area contributed by atoms with Crippen LogP contribution in [-0.4, -0.2) is 19.6 Å². The summed E-state index contributed by atoms with van der Waals surface area (Å²) in [4.78, 5) is 16.4. The number of halogens is 1. The number of aryl methyl sites for hydroxylation is 1. The van der Waals surface area contributed by atoms with E-state index in [-0.39, 0.29) is 5.56 Å². The molecule has 0 aliphatic heterocycles. The molecule has 0 N–H and O–H groups in total. The Balaban J connectivity index is 1.89. The van der Waals surface area contributed by atoms with E-state index >= 15 is 0 Å². The molecule has 0 spiro atoms. The van der Waals surface area contributed by atoms with Crippen LogP contribution in [0.1, 0.15) is 10.7 Å². The molecule has 0 aliphatic rings. The average molecular weight is 325 g/mol. The van der Waals surface area contributed by atoms with Crippen molar-refractivity contribution in [2.75, 3.05) is 0 Å². The van der Waals surface area contributed by atoms with Crippen molar-refractivity contribution in [3.05, 3.63) is 50.5 Å². The van der Waals surface area contributed by atoms with Gasteiger partial charge in [0.05, 0.1) is 10.7 Å². The Morgan fingerprint density at radius 1 is 1.40 bits per heavy atom. The minimum atomic E-state index is -0.137. The van der Waals surface area contributed by atoms with Gasteiger partial charge in [-0.15, -0.1) is 10.2 Å². The van der Waals surface area contributed by atoms with E-state index in [0.29, 0.717) is 16.4 Å². The van der Waals surface area contributed by atoms with Crippen LogP contribution in [0.5, 0.6) is 0 Å². The standard InChI is InChI=1S/C12H9ClN4OS2/c1-7-15-16-12(20-7)19-6-9-4-11(18)17-5-8(13)2-3-10(17)14-9/h2-5H,6H2,1H3. The summed E-state index contributed by atoms with van der Waals surface area (Å²) in [5, 5.41) is 9.41. The Bertz CT molecular complexity index is 830. The van der Waals surface area contributed by atoms with Crippen molar-refractivity contribution in [1.29, 1.82) is 0 Å². The number of rotatable bonds is 3. The number of aromatic nitrogens is 4. The highest BCUT2D eigenvalue weighted by Crippen LogP contribution is 2.24. The van der Waals surface area contributed by atoms with E-state index in [4.69, 9.17) is 11.6 Å². The molecule has 0 bridgehead atoms. The largest absolute Gasteiger partial charge is 0.269 e. The Hall–Kier alpha value is -1.44. The molecule has 0 aromatic carbocycles. The lowest BCUT2D eigenvalue weighted by Gasteiger charge is -2.03. The molecular formula is C12H9ClN4OS2. The van der Waals surface area contributed by atoms with Crippen LogP contribution in [0.3, 0.4) is 0 Å². The predicted molar refractivity (Wildman–Crippen MR) is 80.7 cm³/mol. The highest BCUT2D eigenvalue weighted by Gasteiger charge is 2.06. The number of fused-ring (bicyclic) bond motifs is 1. The van der Waals surface area contributed by atoms with Crippen molar-refractivity contribution in [2.24, 2.45) is 0 Å². The van der Waals surface area contributed by atoms with Gasteiger partial charge in [0.25, 0.3) is 5.56 Å². The lowest BCUT2D eigenvalue weighted by molar-refractivity contribution is 0.980. The lowest BCUT2D eigenvalue weighted by atomic mass is 10.4. The Morgan fingerprint density at radius 2 is 2.25 bits per heavy atom. The molecule has 20 heavy (non-hydrogen) atoms. The van der Waals surface area contributed by atoms with Gasteiger partial charge in [-0.1, -0.05) is 34.7 Å². The van der Waals surface area contributed by atoms with E-state index < -0.39 is 0 Å². The van der Waals surface area contributed by atoms with Gasteiger partial charge in [0.15, 0.2) is 4.34 Å². The van der Waals surface area contributed by atoms with Crippen molar-refractivity contribution in [3.63, 3.8) is 0 Å². The van der Waals surface area contributed by atoms with Crippen molar-refractivity contribution in [3.8, 4) is 0 Å². The second-order valence-corrected chi connectivity index (χ2v) is 6.88. The third kappa shape index (κ3) is 2.84. The van der Waals surface area contributed by atoms with Gasteiger partial charge in [0.1, 0.15) is 10.7 Å². The fourth-order valence-corrected chi connectivity index (χ4v) is 3.54. The highest BCUT2D eigenvalue weighted by atomic mass is 35.5. The summed E-state index contributed by atoms with van der Waals surface area (Å²) in [6.45, 7) is 1.91. The molecule has 0 unspecified atom stereocenters. The first kappa shape index (κ1) is 13.5. The summed E-state index contributed by atoms with van der Waals surface area (Å²) in [7, 11) is 0. The average Bonchev–Trinajstić information content (AvgIpc) is 2.83. The Labute approximate surface area is 127 Å². The maximum Gasteiger partial charge on any atom is 0.258 e. The van der Waals surface area contributed by atoms with Crippen LogP contribution >= 0.6 is 34.7 Å². The molecule has 0 saturated heterocycles. The van der Waals surface area contributed by atoms with Gasteiger partial charge in [-0.25, -0.2) is 4.98 Å². The quantitative estimate of drug-likeness (QED) is 0.693. The first-order valence-corrected chi connectivity index (χ1v) is 7.90. The Kier molecular flexibility index (Phi) is 3.73. The SMILES string of the molecule is Cc1nnc(SCc2cc(=O)n3cc(Cl)ccc3n2)s1. The monoisotopic (exact) mass is 324 g/mol. The van der Waals surface area contributed by atoms with E-state index in [0.717, 1.165) is 15.0 Å². The normalized spacial score (nSPS) is 11.1. The predicted octanol–water partition coefficient (Wildman–Crippen LogP) is 2.80. The molecular weight excluding hydrogens is 316 g/mol. The smallest absolute Gasteiger partial charge is 0.258 e. The fraction of sp³-hybridized carbons (Fsp3) is 0.167. The molecule has 0 amide bonds. The number of hydrogen-bond donors (Lipinski definition) is 0. The molecule has 102 valence electrons. The number of thioether (sulfide) groups is 1. The molecule has 3 heterocycles. The summed E-state index contributed by atoms with van der Waals surface area (Å²) in [5.41, 5.74) is 1.17. The second kappa shape index (κ2) is 5.51. The number of nitrogens with zero attached hydrogens (tertiary/aromatic N) is 4. The van der Waals surface area contributed by atoms with E-state index in [1.165, 1.54) is 33.6 Å². The van der Waals surface area contributed by atoms with Gasteiger partial charge in [-0.05, 0) is 19.1 Å². The van der Waals surface area contributed by atoms with Gasteiger partial charge in [0.2, 0.25) is 0 Å². The maximum atomic E-state index is 12.0. The molecule has 0 fully saturated rings. The topological polar surface area (TPSA) is 60.2 Å². The molecule has 5 nitrogen and oxygen atoms in total. The third-order valence-electron chi connectivity index (χ3n) is 2.53. The molecule has 8 heteroatoms. The molecule has 0 aliphatic carbocycles. The van der Waals surface area contributed by atoms with Crippen LogP contribution < -0.4 is 5.56 Å². The van der Waals surface area contributed by atoms with Crippen LogP contribution in [0.4, 0.5) is 0 Å². The molecule has 3 aromatic rings. The molecule has 3 aromatic heterocycles. The van der Waals surface area contributed by atoms with Crippen LogP contribution in [0, 0.1) is 6.92 Å². The Morgan fingerprint density at radius 3 is 3.00 bits per heavy atom. The first-order chi connectivity index (χ1) is 9.61. The van der Waals surface area contributed by atoms with Gasteiger partial charge in [0, 0.05) is 18.0 Å². The minimum absolute atomic E-state index is 0.137. The highest BCUT2D eigenvalue weighted by molar-refractivity contribution is 8.00. The zero-order chi connectivity index (χ0) is 14.1. The summed E-state index contributed by atoms with van der Waals surface area (Å²) < 4.78 is 2.31. The van der Waals surface area contributed by atoms with Crippen molar-refractivity contribution >= 4 is 40.3 Å².